The zero-order valence-electron chi connectivity index (χ0n) is 36.9. The molecule has 0 saturated carbocycles. The molecule has 418 valence electrons. The minimum absolute atomic E-state index is 0.155. The van der Waals surface area contributed by atoms with Crippen molar-refractivity contribution >= 4 is 105 Å². The Hall–Kier alpha value is -3.75. The van der Waals surface area contributed by atoms with Gasteiger partial charge < -0.3 is 18.9 Å². The van der Waals surface area contributed by atoms with Crippen molar-refractivity contribution in [1.82, 2.24) is 0 Å². The molecule has 0 N–H and O–H groups in total. The van der Waals surface area contributed by atoms with Crippen molar-refractivity contribution in [3.8, 4) is 12.3 Å². The average molecular weight is 1220 g/mol. The van der Waals surface area contributed by atoms with E-state index in [1.54, 1.807) is 0 Å². The highest BCUT2D eigenvalue weighted by atomic mass is 32.3. The molecule has 4 aliphatic heterocycles. The van der Waals surface area contributed by atoms with E-state index in [4.69, 9.17) is 6.42 Å². The molecule has 0 aromatic carbocycles. The summed E-state index contributed by atoms with van der Waals surface area (Å²) in [6.07, 6.45) is -11.4. The summed E-state index contributed by atoms with van der Waals surface area (Å²) in [5, 5.41) is -5.57. The minimum Gasteiger partial charge on any atom is -0.467 e. The molecule has 4 rings (SSSR count). The number of carbonyl (C=O) groups is 4. The van der Waals surface area contributed by atoms with E-state index in [9.17, 15) is 99.7 Å². The lowest BCUT2D eigenvalue weighted by atomic mass is 10.2. The molecule has 4 saturated heterocycles. The molecule has 8 unspecified atom stereocenters. The van der Waals surface area contributed by atoms with Crippen molar-refractivity contribution in [1.29, 1.82) is 0 Å². The van der Waals surface area contributed by atoms with Gasteiger partial charge in [0.15, 0.2) is 13.2 Å². The van der Waals surface area contributed by atoms with Crippen LogP contribution >= 0.6 is 0 Å². The Labute approximate surface area is 409 Å². The van der Waals surface area contributed by atoms with Crippen molar-refractivity contribution in [2.75, 3.05) is 47.3 Å². The second kappa shape index (κ2) is 25.7. The second-order valence-electron chi connectivity index (χ2n) is 13.7. The number of methoxy groups -OCH3 is 1. The van der Waals surface area contributed by atoms with Gasteiger partial charge in [-0.25, -0.2) is 19.2 Å². The predicted molar refractivity (Wildman–Crippen MR) is 222 cm³/mol. The lowest BCUT2D eigenvalue weighted by molar-refractivity contribution is -0.192. The molecule has 0 aromatic rings. The van der Waals surface area contributed by atoms with Gasteiger partial charge in [-0.1, -0.05) is 18.6 Å². The van der Waals surface area contributed by atoms with Crippen molar-refractivity contribution in [2.45, 2.75) is 82.7 Å². The number of esters is 4. The molecule has 0 amide bonds. The van der Waals surface area contributed by atoms with E-state index in [1.165, 1.54) is 26.8 Å². The summed E-state index contributed by atoms with van der Waals surface area (Å²) >= 11 is 0. The maximum atomic E-state index is 11.9. The van der Waals surface area contributed by atoms with E-state index in [0.717, 1.165) is 14.0 Å². The molecule has 0 aliphatic carbocycles. The standard InChI is InChI=1S/C8H12O8S2.C8H10O8S2.C7H9F3O8S2.C6H10O8S2/c2*1-3-4-14-8(9)7-6(2)15-17(10,11)5-18(12,13)16-7;1-4-5(6(11)16-2-7(8,9)10)18-20(14,15)3-19(12,13)17-4;1-4-5(6(7)12-2)14-16(10,11)3-15(8,9)13-4/h3,6-7H,1,4-5H2,2H3;1,6-7H,4-5H2,2H3;4-5H,2-3H2,1H3;4-5H,3H2,1-2H3. The highest BCUT2D eigenvalue weighted by Crippen LogP contribution is 2.24. The first-order chi connectivity index (χ1) is 32.3. The molecule has 0 bridgehead atoms. The van der Waals surface area contributed by atoms with Crippen LogP contribution in [-0.4, -0.2) is 193 Å². The normalized spacial score (nSPS) is 30.4. The minimum atomic E-state index is -4.82. The molecular weight excluding hydrogens is 1170 g/mol. The van der Waals surface area contributed by atoms with Crippen LogP contribution in [0.15, 0.2) is 12.7 Å². The van der Waals surface area contributed by atoms with Crippen LogP contribution in [0.25, 0.3) is 0 Å². The summed E-state index contributed by atoms with van der Waals surface area (Å²) in [6.45, 7) is 5.29. The first-order valence-electron chi connectivity index (χ1n) is 18.3. The highest BCUT2D eigenvalue weighted by molar-refractivity contribution is 8.05. The summed E-state index contributed by atoms with van der Waals surface area (Å²) in [5.41, 5.74) is 0. The largest absolute Gasteiger partial charge is 0.467 e. The van der Waals surface area contributed by atoms with Crippen molar-refractivity contribution in [3.05, 3.63) is 12.7 Å². The zero-order chi connectivity index (χ0) is 56.3. The van der Waals surface area contributed by atoms with E-state index < -0.39 is 193 Å². The van der Waals surface area contributed by atoms with Crippen LogP contribution in [0.4, 0.5) is 13.2 Å². The van der Waals surface area contributed by atoms with Gasteiger partial charge in [-0.05, 0) is 27.7 Å². The van der Waals surface area contributed by atoms with E-state index in [1.807, 2.05) is 5.92 Å². The molecule has 4 fully saturated rings. The van der Waals surface area contributed by atoms with Gasteiger partial charge in [0.1, 0.15) is 31.0 Å². The number of rotatable bonds is 8. The first-order valence-corrected chi connectivity index (χ1v) is 30.9. The number of ether oxygens (including phenoxy) is 4. The van der Waals surface area contributed by atoms with Crippen LogP contribution in [0.1, 0.15) is 27.7 Å². The van der Waals surface area contributed by atoms with Crippen LogP contribution in [0.5, 0.6) is 0 Å². The maximum Gasteiger partial charge on any atom is 0.422 e. The van der Waals surface area contributed by atoms with Gasteiger partial charge >= 0.3 is 30.1 Å². The van der Waals surface area contributed by atoms with Gasteiger partial charge in [0, 0.05) is 0 Å². The first kappa shape index (κ1) is 66.3. The fourth-order valence-corrected chi connectivity index (χ4v) is 16.6. The van der Waals surface area contributed by atoms with Crippen molar-refractivity contribution in [2.24, 2.45) is 0 Å². The number of halogens is 3. The molecule has 32 nitrogen and oxygen atoms in total. The Morgan fingerprint density at radius 1 is 0.500 bits per heavy atom. The third-order valence-corrected chi connectivity index (χ3v) is 20.8. The molecule has 0 spiro atoms. The topological polar surface area (TPSA) is 452 Å². The number of hydrogen-bond donors (Lipinski definition) is 0. The maximum absolute atomic E-state index is 11.9. The van der Waals surface area contributed by atoms with Gasteiger partial charge in [0.05, 0.1) is 7.11 Å². The lowest BCUT2D eigenvalue weighted by Gasteiger charge is -2.18. The zero-order valence-corrected chi connectivity index (χ0v) is 43.4. The number of carbonyl (C=O) groups excluding carboxylic acids is 4. The third-order valence-electron chi connectivity index (χ3n) is 7.20. The summed E-state index contributed by atoms with van der Waals surface area (Å²) in [5.74, 6) is -2.87. The Balaban J connectivity index is 0.000000481. The van der Waals surface area contributed by atoms with Crippen LogP contribution in [0, 0.1) is 12.3 Å². The summed E-state index contributed by atoms with van der Waals surface area (Å²) < 4.78 is 267. The Kier molecular flexibility index (Phi) is 23.6. The molecule has 43 heteroatoms. The summed E-state index contributed by atoms with van der Waals surface area (Å²) in [4.78, 5) is 45.4. The quantitative estimate of drug-likeness (QED) is 0.0731. The van der Waals surface area contributed by atoms with E-state index in [0.29, 0.717) is 0 Å². The van der Waals surface area contributed by atoms with Crippen LogP contribution in [-0.2, 0) is 153 Å². The predicted octanol–water partition coefficient (Wildman–Crippen LogP) is -4.19. The third kappa shape index (κ3) is 24.1. The van der Waals surface area contributed by atoms with Gasteiger partial charge in [0.25, 0.3) is 80.9 Å². The average Bonchev–Trinajstić information content (AvgIpc) is 3.42. The molecule has 0 aromatic heterocycles. The Morgan fingerprint density at radius 3 is 1.00 bits per heavy atom. The number of hydrogen-bond acceptors (Lipinski definition) is 32. The van der Waals surface area contributed by atoms with Gasteiger partial charge in [-0.3, -0.25) is 33.5 Å². The van der Waals surface area contributed by atoms with Gasteiger partial charge in [0.2, 0.25) is 44.8 Å². The molecular formula is C29H41F3O32S8. The smallest absolute Gasteiger partial charge is 0.422 e. The van der Waals surface area contributed by atoms with Crippen LogP contribution < -0.4 is 0 Å². The summed E-state index contributed by atoms with van der Waals surface area (Å²) in [6, 6.07) is 0. The van der Waals surface area contributed by atoms with E-state index in [-0.39, 0.29) is 6.61 Å². The molecule has 4 heterocycles. The number of alkyl halides is 3. The van der Waals surface area contributed by atoms with Crippen LogP contribution in [0.3, 0.4) is 0 Å². The van der Waals surface area contributed by atoms with Crippen molar-refractivity contribution < 1.29 is 152 Å². The van der Waals surface area contributed by atoms with Crippen LogP contribution in [0.2, 0.25) is 0 Å². The summed E-state index contributed by atoms with van der Waals surface area (Å²) in [7, 11) is -34.4. The van der Waals surface area contributed by atoms with E-state index >= 15 is 0 Å². The Morgan fingerprint density at radius 2 is 0.750 bits per heavy atom. The highest BCUT2D eigenvalue weighted by Gasteiger charge is 2.46. The molecule has 4 aliphatic rings. The molecule has 72 heavy (non-hydrogen) atoms. The monoisotopic (exact) mass is 1210 g/mol. The SMILES string of the molecule is C#CCOC(=O)C1OS(=O)(=O)CS(=O)(=O)OC1C.C=CCOC(=O)C1OS(=O)(=O)CS(=O)(=O)OC1C.CC1OS(=O)(=O)CS(=O)(=O)OC1C(=O)OCC(F)(F)F.COC(=O)C1OS(=O)(=O)CS(=O)(=O)OC1C. The Bertz CT molecular complexity index is 2960. The fourth-order valence-electron chi connectivity index (χ4n) is 4.69. The number of terminal acetylenes is 1. The van der Waals surface area contributed by atoms with Crippen molar-refractivity contribution in [3.63, 3.8) is 0 Å². The van der Waals surface area contributed by atoms with E-state index in [2.05, 4.69) is 59.0 Å². The fraction of sp³-hybridized carbons (Fsp3) is 0.724. The molecule has 8 atom stereocenters. The molecule has 0 radical (unpaired) electrons. The lowest BCUT2D eigenvalue weighted by Crippen LogP contribution is -2.39. The second-order valence-corrected chi connectivity index (χ2v) is 27.9. The van der Waals surface area contributed by atoms with Gasteiger partial charge in [-0.15, -0.1) is 6.42 Å². The van der Waals surface area contributed by atoms with Gasteiger partial charge in [-0.2, -0.15) is 80.5 Å².